The van der Waals surface area contributed by atoms with Crippen molar-refractivity contribution >= 4 is 44.3 Å². The number of unbranched alkanes of at least 4 members (excludes halogenated alkanes) is 2. The Morgan fingerprint density at radius 3 is 2.63 bits per heavy atom. The highest BCUT2D eigenvalue weighted by atomic mass is 32.1. The van der Waals surface area contributed by atoms with E-state index in [0.717, 1.165) is 55.4 Å². The predicted octanol–water partition coefficient (Wildman–Crippen LogP) is 3.35. The second kappa shape index (κ2) is 11.2. The Morgan fingerprint density at radius 2 is 1.90 bits per heavy atom. The zero-order valence-corrected chi connectivity index (χ0v) is 18.3. The van der Waals surface area contributed by atoms with Gasteiger partial charge in [0.15, 0.2) is 5.13 Å². The molecule has 3 rings (SSSR count). The van der Waals surface area contributed by atoms with Crippen LogP contribution in [-0.2, 0) is 14.4 Å². The van der Waals surface area contributed by atoms with Crippen LogP contribution in [0.25, 0.3) is 10.2 Å². The minimum atomic E-state index is -0.607. The first kappa shape index (κ1) is 22.4. The lowest BCUT2D eigenvalue weighted by atomic mass is 10.1. The molecule has 0 saturated carbocycles. The van der Waals surface area contributed by atoms with E-state index in [4.69, 9.17) is 0 Å². The monoisotopic (exact) mass is 430 g/mol. The number of thiazole rings is 1. The number of nitrogens with one attached hydrogen (secondary N) is 2. The number of hydrogen-bond acceptors (Lipinski definition) is 6. The fraction of sp³-hybridized carbons (Fsp3) is 0.545. The number of rotatable bonds is 11. The summed E-state index contributed by atoms with van der Waals surface area (Å²) in [5.74, 6) is -0.181. The zero-order chi connectivity index (χ0) is 21.3. The molecule has 1 aromatic heterocycles. The van der Waals surface area contributed by atoms with E-state index >= 15 is 0 Å². The molecule has 1 atom stereocenters. The minimum Gasteiger partial charge on any atom is -0.343 e. The highest BCUT2D eigenvalue weighted by Crippen LogP contribution is 2.25. The van der Waals surface area contributed by atoms with E-state index in [2.05, 4.69) is 20.5 Å². The number of hydrogen-bond donors (Lipinski definition) is 2. The predicted molar refractivity (Wildman–Crippen MR) is 120 cm³/mol. The van der Waals surface area contributed by atoms with Gasteiger partial charge in [0, 0.05) is 6.42 Å². The first-order valence-corrected chi connectivity index (χ1v) is 11.5. The number of benzene rings is 1. The molecule has 2 heterocycles. The number of amides is 2. The van der Waals surface area contributed by atoms with Crippen molar-refractivity contribution in [3.63, 3.8) is 0 Å². The normalized spacial score (nSPS) is 15.2. The molecule has 1 fully saturated rings. The molecule has 30 heavy (non-hydrogen) atoms. The van der Waals surface area contributed by atoms with E-state index in [1.807, 2.05) is 24.3 Å². The first-order chi connectivity index (χ1) is 14.5. The van der Waals surface area contributed by atoms with Gasteiger partial charge < -0.3 is 15.4 Å². The van der Waals surface area contributed by atoms with Crippen LogP contribution in [0.5, 0.6) is 0 Å². The molecule has 1 saturated heterocycles. The van der Waals surface area contributed by atoms with Crippen molar-refractivity contribution in [3.05, 3.63) is 24.3 Å². The maximum atomic E-state index is 12.9. The van der Waals surface area contributed by atoms with Crippen LogP contribution in [0.1, 0.15) is 51.9 Å². The minimum absolute atomic E-state index is 0.120. The topological polar surface area (TPSA) is 91.4 Å². The van der Waals surface area contributed by atoms with Crippen molar-refractivity contribution in [2.24, 2.45) is 0 Å². The van der Waals surface area contributed by atoms with E-state index in [1.165, 1.54) is 11.3 Å². The molecule has 0 aliphatic carbocycles. The van der Waals surface area contributed by atoms with Gasteiger partial charge in [0.2, 0.25) is 11.8 Å². The van der Waals surface area contributed by atoms with E-state index in [0.29, 0.717) is 24.5 Å². The number of nitrogens with zero attached hydrogens (tertiary/aromatic N) is 2. The molecule has 0 bridgehead atoms. The second-order valence-corrected chi connectivity index (χ2v) is 8.91. The molecule has 162 valence electrons. The molecule has 1 unspecified atom stereocenters. The Hall–Kier alpha value is -2.32. The molecule has 2 amide bonds. The lowest BCUT2D eigenvalue weighted by Crippen LogP contribution is -2.47. The third-order valence-corrected chi connectivity index (χ3v) is 6.22. The number of Topliss-reactive ketones (excluding diaryl/α,β-unsaturated/α-hetero) is 1. The summed E-state index contributed by atoms with van der Waals surface area (Å²) in [6, 6.07) is 7.12. The molecule has 2 N–H and O–H groups in total. The van der Waals surface area contributed by atoms with Gasteiger partial charge in [0.05, 0.1) is 16.8 Å². The van der Waals surface area contributed by atoms with Gasteiger partial charge in [-0.05, 0) is 57.8 Å². The number of aromatic nitrogens is 1. The van der Waals surface area contributed by atoms with Crippen LogP contribution in [0.15, 0.2) is 24.3 Å². The largest absolute Gasteiger partial charge is 0.343 e. The number of carbonyl (C=O) groups is 3. The van der Waals surface area contributed by atoms with Crippen LogP contribution >= 0.6 is 11.3 Å². The standard InChI is InChI=1S/C22H30N4O3S/c1-16(27)9-3-2-4-11-18(23-20(28)15-26-13-7-8-14-26)21(29)25-22-24-17-10-5-6-12-19(17)30-22/h5-6,10,12,18H,2-4,7-9,11,13-15H2,1H3,(H,23,28)(H,24,25,29). The molecule has 2 aromatic rings. The van der Waals surface area contributed by atoms with Gasteiger partial charge in [0.25, 0.3) is 0 Å². The van der Waals surface area contributed by atoms with Crippen molar-refractivity contribution in [1.82, 2.24) is 15.2 Å². The molecule has 1 aromatic carbocycles. The summed E-state index contributed by atoms with van der Waals surface area (Å²) in [4.78, 5) is 43.1. The summed E-state index contributed by atoms with van der Waals surface area (Å²) < 4.78 is 1.01. The second-order valence-electron chi connectivity index (χ2n) is 7.88. The number of anilines is 1. The van der Waals surface area contributed by atoms with Crippen molar-refractivity contribution in [3.8, 4) is 0 Å². The molecule has 7 nitrogen and oxygen atoms in total. The summed E-state index contributed by atoms with van der Waals surface area (Å²) in [5, 5.41) is 6.33. The van der Waals surface area contributed by atoms with Gasteiger partial charge in [-0.15, -0.1) is 0 Å². The van der Waals surface area contributed by atoms with Gasteiger partial charge in [-0.1, -0.05) is 36.3 Å². The average molecular weight is 431 g/mol. The Bertz CT molecular complexity index is 843. The van der Waals surface area contributed by atoms with Gasteiger partial charge in [-0.3, -0.25) is 14.5 Å². The molecule has 1 aliphatic heterocycles. The highest BCUT2D eigenvalue weighted by Gasteiger charge is 2.23. The van der Waals surface area contributed by atoms with Crippen LogP contribution in [0.2, 0.25) is 0 Å². The van der Waals surface area contributed by atoms with Crippen LogP contribution in [-0.4, -0.2) is 53.2 Å². The molecule has 1 aliphatic rings. The summed E-state index contributed by atoms with van der Waals surface area (Å²) in [7, 11) is 0. The number of likely N-dealkylation sites (tertiary alicyclic amines) is 1. The SMILES string of the molecule is CC(=O)CCCCCC(NC(=O)CN1CCCC1)C(=O)Nc1nc2ccccc2s1. The number of ketones is 1. The van der Waals surface area contributed by atoms with Gasteiger partial charge >= 0.3 is 0 Å². The molecule has 8 heteroatoms. The molecule has 0 spiro atoms. The maximum Gasteiger partial charge on any atom is 0.248 e. The van der Waals surface area contributed by atoms with E-state index < -0.39 is 6.04 Å². The Morgan fingerprint density at radius 1 is 1.13 bits per heavy atom. The van der Waals surface area contributed by atoms with Gasteiger partial charge in [0.1, 0.15) is 11.8 Å². The summed E-state index contributed by atoms with van der Waals surface area (Å²) in [6.45, 7) is 3.78. The Kier molecular flexibility index (Phi) is 8.33. The fourth-order valence-corrected chi connectivity index (χ4v) is 4.54. The quantitative estimate of drug-likeness (QED) is 0.534. The van der Waals surface area contributed by atoms with Gasteiger partial charge in [-0.25, -0.2) is 4.98 Å². The van der Waals surface area contributed by atoms with Crippen LogP contribution in [0.3, 0.4) is 0 Å². The molecule has 0 radical (unpaired) electrons. The summed E-state index contributed by atoms with van der Waals surface area (Å²) >= 11 is 1.42. The third kappa shape index (κ3) is 6.88. The average Bonchev–Trinajstić information content (AvgIpc) is 3.35. The van der Waals surface area contributed by atoms with Crippen LogP contribution in [0.4, 0.5) is 5.13 Å². The Labute approximate surface area is 181 Å². The van der Waals surface area contributed by atoms with Crippen molar-refractivity contribution in [1.29, 1.82) is 0 Å². The number of fused-ring (bicyclic) bond motifs is 1. The van der Waals surface area contributed by atoms with E-state index in [-0.39, 0.29) is 17.6 Å². The number of carbonyl (C=O) groups excluding carboxylic acids is 3. The van der Waals surface area contributed by atoms with Crippen LogP contribution in [0, 0.1) is 0 Å². The summed E-state index contributed by atoms with van der Waals surface area (Å²) in [6.07, 6.45) is 5.77. The van der Waals surface area contributed by atoms with Crippen molar-refractivity contribution in [2.75, 3.05) is 25.0 Å². The Balaban J connectivity index is 1.58. The highest BCUT2D eigenvalue weighted by molar-refractivity contribution is 7.22. The van der Waals surface area contributed by atoms with E-state index in [1.54, 1.807) is 6.92 Å². The first-order valence-electron chi connectivity index (χ1n) is 10.7. The van der Waals surface area contributed by atoms with Gasteiger partial charge in [-0.2, -0.15) is 0 Å². The smallest absolute Gasteiger partial charge is 0.248 e. The van der Waals surface area contributed by atoms with E-state index in [9.17, 15) is 14.4 Å². The maximum absolute atomic E-state index is 12.9. The zero-order valence-electron chi connectivity index (χ0n) is 17.5. The number of para-hydroxylation sites is 1. The lowest BCUT2D eigenvalue weighted by Gasteiger charge is -2.20. The van der Waals surface area contributed by atoms with Crippen molar-refractivity contribution < 1.29 is 14.4 Å². The van der Waals surface area contributed by atoms with Crippen LogP contribution < -0.4 is 10.6 Å². The fourth-order valence-electron chi connectivity index (χ4n) is 3.67. The van der Waals surface area contributed by atoms with Crippen molar-refractivity contribution in [2.45, 2.75) is 57.9 Å². The molecular weight excluding hydrogens is 400 g/mol. The lowest BCUT2D eigenvalue weighted by molar-refractivity contribution is -0.127. The molecular formula is C22H30N4O3S. The summed E-state index contributed by atoms with van der Waals surface area (Å²) in [5.41, 5.74) is 0.844. The third-order valence-electron chi connectivity index (χ3n) is 5.26.